The maximum absolute atomic E-state index is 10.8. The summed E-state index contributed by atoms with van der Waals surface area (Å²) >= 11 is 0. The predicted octanol–water partition coefficient (Wildman–Crippen LogP) is -0.764. The summed E-state index contributed by atoms with van der Waals surface area (Å²) in [5.74, 6) is -0.163. The second-order valence-electron chi connectivity index (χ2n) is 1.96. The van der Waals surface area contributed by atoms with Crippen LogP contribution >= 0.6 is 0 Å². The Balaban J connectivity index is 2.72. The molecule has 54 valence electrons. The summed E-state index contributed by atoms with van der Waals surface area (Å²) in [7, 11) is -1.50. The van der Waals surface area contributed by atoms with E-state index in [9.17, 15) is 8.42 Å². The zero-order chi connectivity index (χ0) is 6.91. The first-order chi connectivity index (χ1) is 4.13. The molecule has 0 amide bonds. The smallest absolute Gasteiger partial charge is 0.238 e. The highest BCUT2D eigenvalue weighted by atomic mass is 32.2. The highest BCUT2D eigenvalue weighted by Gasteiger charge is 2.21. The van der Waals surface area contributed by atoms with Crippen LogP contribution in [0.1, 0.15) is 0 Å². The maximum atomic E-state index is 10.8. The Morgan fingerprint density at radius 3 is 2.56 bits per heavy atom. The molecule has 1 aliphatic rings. The fraction of sp³-hybridized carbons (Fsp3) is 1.00. The highest BCUT2D eigenvalue weighted by Crippen LogP contribution is 2.03. The summed E-state index contributed by atoms with van der Waals surface area (Å²) in [6.45, 7) is 0.984. The van der Waals surface area contributed by atoms with E-state index >= 15 is 0 Å². The van der Waals surface area contributed by atoms with Gasteiger partial charge in [-0.15, -0.1) is 0 Å². The van der Waals surface area contributed by atoms with Gasteiger partial charge in [-0.05, 0) is 0 Å². The minimum Gasteiger partial charge on any atom is -0.363 e. The lowest BCUT2D eigenvalue weighted by atomic mass is 10.7. The van der Waals surface area contributed by atoms with Gasteiger partial charge in [-0.2, -0.15) is 0 Å². The van der Waals surface area contributed by atoms with Crippen LogP contribution in [0.4, 0.5) is 0 Å². The third kappa shape index (κ3) is 1.41. The van der Waals surface area contributed by atoms with Gasteiger partial charge in [0.25, 0.3) is 0 Å². The molecule has 0 spiro atoms. The summed E-state index contributed by atoms with van der Waals surface area (Å²) in [5, 5.41) is 0. The summed E-state index contributed by atoms with van der Waals surface area (Å²) in [6.07, 6.45) is 0. The normalized spacial score (nSPS) is 28.1. The first-order valence-electron chi connectivity index (χ1n) is 2.65. The zero-order valence-electron chi connectivity index (χ0n) is 5.20. The van der Waals surface area contributed by atoms with E-state index < -0.39 is 10.0 Å². The first-order valence-corrected chi connectivity index (χ1v) is 4.25. The molecule has 1 saturated heterocycles. The molecule has 5 heteroatoms. The molecule has 1 fully saturated rings. The van der Waals surface area contributed by atoms with Gasteiger partial charge in [0.15, 0.2) is 5.94 Å². The van der Waals surface area contributed by atoms with Gasteiger partial charge in [0.2, 0.25) is 10.0 Å². The number of rotatable bonds is 0. The van der Waals surface area contributed by atoms with E-state index in [1.807, 2.05) is 0 Å². The average molecular weight is 151 g/mol. The fourth-order valence-electron chi connectivity index (χ4n) is 0.586. The molecule has 1 rings (SSSR count). The van der Waals surface area contributed by atoms with Crippen molar-refractivity contribution in [3.63, 3.8) is 0 Å². The molecule has 0 bridgehead atoms. The molecule has 0 aliphatic carbocycles. The van der Waals surface area contributed by atoms with Crippen molar-refractivity contribution >= 4 is 10.0 Å². The molecule has 0 saturated carbocycles. The van der Waals surface area contributed by atoms with E-state index in [1.165, 1.54) is 4.31 Å². The van der Waals surface area contributed by atoms with Crippen LogP contribution in [0, 0.1) is 0 Å². The Morgan fingerprint density at radius 2 is 2.22 bits per heavy atom. The summed E-state index contributed by atoms with van der Waals surface area (Å²) in [4.78, 5) is 0. The van der Waals surface area contributed by atoms with E-state index in [0.717, 1.165) is 0 Å². The van der Waals surface area contributed by atoms with Gasteiger partial charge < -0.3 is 4.74 Å². The molecule has 0 aromatic rings. The number of nitrogens with zero attached hydrogens (tertiary/aromatic N) is 1. The second kappa shape index (κ2) is 2.24. The minimum atomic E-state index is -3.05. The van der Waals surface area contributed by atoms with Crippen LogP contribution in [0.15, 0.2) is 0 Å². The number of likely N-dealkylation sites (N-methyl/N-ethyl adjacent to an activating group) is 1. The minimum absolute atomic E-state index is 0.163. The van der Waals surface area contributed by atoms with Gasteiger partial charge in [0.1, 0.15) is 0 Å². The molecule has 1 heterocycles. The molecular weight excluding hydrogens is 142 g/mol. The quantitative estimate of drug-likeness (QED) is 0.457. The molecule has 0 atom stereocenters. The van der Waals surface area contributed by atoms with E-state index in [-0.39, 0.29) is 5.94 Å². The van der Waals surface area contributed by atoms with Gasteiger partial charge in [0, 0.05) is 13.6 Å². The van der Waals surface area contributed by atoms with Crippen molar-refractivity contribution in [3.05, 3.63) is 0 Å². The Bertz CT molecular complexity index is 186. The van der Waals surface area contributed by atoms with Crippen LogP contribution in [-0.4, -0.2) is 38.9 Å². The number of sulfonamides is 1. The van der Waals surface area contributed by atoms with Crippen molar-refractivity contribution in [1.29, 1.82) is 0 Å². The van der Waals surface area contributed by atoms with Gasteiger partial charge in [-0.25, -0.2) is 12.7 Å². The van der Waals surface area contributed by atoms with Crippen molar-refractivity contribution in [2.24, 2.45) is 0 Å². The van der Waals surface area contributed by atoms with Crippen LogP contribution in [-0.2, 0) is 14.8 Å². The summed E-state index contributed by atoms with van der Waals surface area (Å²) in [6, 6.07) is 0. The summed E-state index contributed by atoms with van der Waals surface area (Å²) in [5.41, 5.74) is 0. The molecule has 0 radical (unpaired) electrons. The van der Waals surface area contributed by atoms with E-state index in [0.29, 0.717) is 13.2 Å². The number of hydrogen-bond donors (Lipinski definition) is 0. The lowest BCUT2D eigenvalue weighted by Gasteiger charge is -2.21. The van der Waals surface area contributed by atoms with Crippen LogP contribution in [0.2, 0.25) is 0 Å². The SMILES string of the molecule is CN1CCOCS1(=O)=O. The van der Waals surface area contributed by atoms with Crippen molar-refractivity contribution in [3.8, 4) is 0 Å². The molecule has 4 nitrogen and oxygen atoms in total. The topological polar surface area (TPSA) is 46.6 Å². The fourth-order valence-corrected chi connectivity index (χ4v) is 1.45. The van der Waals surface area contributed by atoms with Crippen LogP contribution in [0.5, 0.6) is 0 Å². The van der Waals surface area contributed by atoms with Crippen molar-refractivity contribution in [1.82, 2.24) is 4.31 Å². The molecule has 1 aliphatic heterocycles. The Morgan fingerprint density at radius 1 is 1.56 bits per heavy atom. The average Bonchev–Trinajstić information content (AvgIpc) is 1.77. The molecule has 0 unspecified atom stereocenters. The Kier molecular flexibility index (Phi) is 1.74. The molecule has 0 aromatic heterocycles. The van der Waals surface area contributed by atoms with Gasteiger partial charge in [-0.1, -0.05) is 0 Å². The van der Waals surface area contributed by atoms with Crippen LogP contribution in [0.25, 0.3) is 0 Å². The Labute approximate surface area is 54.5 Å². The largest absolute Gasteiger partial charge is 0.363 e. The lowest BCUT2D eigenvalue weighted by Crippen LogP contribution is -2.38. The second-order valence-corrected chi connectivity index (χ2v) is 3.98. The molecule has 0 N–H and O–H groups in total. The monoisotopic (exact) mass is 151 g/mol. The van der Waals surface area contributed by atoms with Gasteiger partial charge in [0.05, 0.1) is 6.61 Å². The third-order valence-electron chi connectivity index (χ3n) is 1.26. The maximum Gasteiger partial charge on any atom is 0.238 e. The highest BCUT2D eigenvalue weighted by molar-refractivity contribution is 7.88. The first kappa shape index (κ1) is 6.98. The van der Waals surface area contributed by atoms with Crippen molar-refractivity contribution < 1.29 is 13.2 Å². The van der Waals surface area contributed by atoms with E-state index in [2.05, 4.69) is 0 Å². The van der Waals surface area contributed by atoms with Gasteiger partial charge in [-0.3, -0.25) is 0 Å². The molecule has 0 aromatic carbocycles. The third-order valence-corrected chi connectivity index (χ3v) is 2.85. The predicted molar refractivity (Wildman–Crippen MR) is 32.4 cm³/mol. The van der Waals surface area contributed by atoms with Crippen molar-refractivity contribution in [2.75, 3.05) is 26.1 Å². The molecule has 9 heavy (non-hydrogen) atoms. The summed E-state index contributed by atoms with van der Waals surface area (Å²) < 4.78 is 27.6. The Hall–Kier alpha value is -0.130. The van der Waals surface area contributed by atoms with Gasteiger partial charge >= 0.3 is 0 Å². The lowest BCUT2D eigenvalue weighted by molar-refractivity contribution is 0.140. The standard InChI is InChI=1S/C4H9NO3S/c1-5-2-3-8-4-9(5,6)7/h2-4H2,1H3. The van der Waals surface area contributed by atoms with E-state index in [4.69, 9.17) is 4.74 Å². The number of hydrogen-bond acceptors (Lipinski definition) is 3. The van der Waals surface area contributed by atoms with Crippen molar-refractivity contribution in [2.45, 2.75) is 0 Å². The molecular formula is C4H9NO3S. The van der Waals surface area contributed by atoms with E-state index in [1.54, 1.807) is 7.05 Å². The number of ether oxygens (including phenoxy) is 1. The van der Waals surface area contributed by atoms with Crippen LogP contribution in [0.3, 0.4) is 0 Å². The van der Waals surface area contributed by atoms with Crippen LogP contribution < -0.4 is 0 Å². The zero-order valence-corrected chi connectivity index (χ0v) is 6.02.